The molecule has 0 unspecified atom stereocenters. The lowest BCUT2D eigenvalue weighted by atomic mass is 10.2. The lowest BCUT2D eigenvalue weighted by Gasteiger charge is -2.26. The summed E-state index contributed by atoms with van der Waals surface area (Å²) in [6.45, 7) is 3.55. The zero-order chi connectivity index (χ0) is 14.4. The molecule has 0 fully saturated rings. The van der Waals surface area contributed by atoms with Gasteiger partial charge in [-0.1, -0.05) is 22.0 Å². The van der Waals surface area contributed by atoms with Crippen LogP contribution in [0.1, 0.15) is 20.3 Å². The zero-order valence-electron chi connectivity index (χ0n) is 11.3. The summed E-state index contributed by atoms with van der Waals surface area (Å²) in [4.78, 5) is 13.7. The highest BCUT2D eigenvalue weighted by atomic mass is 79.9. The number of benzene rings is 1. The second-order valence-electron chi connectivity index (χ2n) is 4.38. The van der Waals surface area contributed by atoms with Gasteiger partial charge in [-0.15, -0.1) is 0 Å². The summed E-state index contributed by atoms with van der Waals surface area (Å²) in [5, 5.41) is 8.65. The number of amides is 1. The standard InChI is InChI=1S/C14H17BrN2O2/c1-10(7-8-16)17(3)14(18)11(2)19-13-6-4-5-12(15)9-13/h4-6,9-11H,7H2,1-3H3/t10-,11+/m1/s1. The number of ether oxygens (including phenoxy) is 1. The maximum absolute atomic E-state index is 12.1. The SMILES string of the molecule is C[C@H](Oc1cccc(Br)c1)C(=O)N(C)[C@H](C)CC#N. The van der Waals surface area contributed by atoms with E-state index in [2.05, 4.69) is 22.0 Å². The smallest absolute Gasteiger partial charge is 0.263 e. The first kappa shape index (κ1) is 15.5. The van der Waals surface area contributed by atoms with Crippen molar-refractivity contribution in [3.8, 4) is 11.8 Å². The maximum atomic E-state index is 12.1. The van der Waals surface area contributed by atoms with E-state index in [-0.39, 0.29) is 11.9 Å². The van der Waals surface area contributed by atoms with Crippen molar-refractivity contribution in [2.45, 2.75) is 32.4 Å². The van der Waals surface area contributed by atoms with Gasteiger partial charge in [0.2, 0.25) is 0 Å². The molecule has 102 valence electrons. The Morgan fingerprint density at radius 2 is 2.21 bits per heavy atom. The van der Waals surface area contributed by atoms with Gasteiger partial charge >= 0.3 is 0 Å². The van der Waals surface area contributed by atoms with Crippen molar-refractivity contribution in [3.05, 3.63) is 28.7 Å². The van der Waals surface area contributed by atoms with Crippen molar-refractivity contribution in [2.24, 2.45) is 0 Å². The molecule has 0 radical (unpaired) electrons. The molecule has 0 aliphatic carbocycles. The van der Waals surface area contributed by atoms with E-state index in [1.54, 1.807) is 24.9 Å². The monoisotopic (exact) mass is 324 g/mol. The molecular formula is C14H17BrN2O2. The second-order valence-corrected chi connectivity index (χ2v) is 5.29. The summed E-state index contributed by atoms with van der Waals surface area (Å²) in [5.41, 5.74) is 0. The minimum absolute atomic E-state index is 0.119. The summed E-state index contributed by atoms with van der Waals surface area (Å²) in [7, 11) is 1.69. The Hall–Kier alpha value is -1.54. The average molecular weight is 325 g/mol. The van der Waals surface area contributed by atoms with Crippen LogP contribution >= 0.6 is 15.9 Å². The van der Waals surface area contributed by atoms with Crippen molar-refractivity contribution in [3.63, 3.8) is 0 Å². The van der Waals surface area contributed by atoms with E-state index in [0.29, 0.717) is 12.2 Å². The number of carbonyl (C=O) groups excluding carboxylic acids is 1. The predicted octanol–water partition coefficient (Wildman–Crippen LogP) is 2.98. The molecule has 1 amide bonds. The van der Waals surface area contributed by atoms with E-state index in [1.165, 1.54) is 0 Å². The van der Waals surface area contributed by atoms with E-state index in [4.69, 9.17) is 10.00 Å². The minimum atomic E-state index is -0.583. The number of likely N-dealkylation sites (N-methyl/N-ethyl adjacent to an activating group) is 1. The number of carbonyl (C=O) groups is 1. The Morgan fingerprint density at radius 1 is 1.53 bits per heavy atom. The van der Waals surface area contributed by atoms with Crippen LogP contribution in [0.25, 0.3) is 0 Å². The van der Waals surface area contributed by atoms with Crippen LogP contribution in [-0.2, 0) is 4.79 Å². The fourth-order valence-electron chi connectivity index (χ4n) is 1.57. The Labute approximate surface area is 122 Å². The van der Waals surface area contributed by atoms with Crippen molar-refractivity contribution < 1.29 is 9.53 Å². The Morgan fingerprint density at radius 3 is 2.79 bits per heavy atom. The molecule has 5 heteroatoms. The number of hydrogen-bond donors (Lipinski definition) is 0. The van der Waals surface area contributed by atoms with Gasteiger partial charge in [0.15, 0.2) is 6.10 Å². The van der Waals surface area contributed by atoms with Crippen molar-refractivity contribution >= 4 is 21.8 Å². The van der Waals surface area contributed by atoms with Crippen molar-refractivity contribution in [1.29, 1.82) is 5.26 Å². The van der Waals surface area contributed by atoms with Crippen LogP contribution in [0, 0.1) is 11.3 Å². The highest BCUT2D eigenvalue weighted by Crippen LogP contribution is 2.19. The lowest BCUT2D eigenvalue weighted by Crippen LogP contribution is -2.42. The third-order valence-corrected chi connectivity index (χ3v) is 3.35. The quantitative estimate of drug-likeness (QED) is 0.836. The first-order chi connectivity index (χ1) is 8.95. The number of nitriles is 1. The molecule has 1 aromatic carbocycles. The van der Waals surface area contributed by atoms with Gasteiger partial charge in [0.1, 0.15) is 5.75 Å². The molecule has 0 aliphatic heterocycles. The van der Waals surface area contributed by atoms with Crippen LogP contribution in [0.15, 0.2) is 28.7 Å². The second kappa shape index (κ2) is 7.15. The van der Waals surface area contributed by atoms with Crippen LogP contribution in [0.3, 0.4) is 0 Å². The molecule has 0 heterocycles. The number of rotatable bonds is 5. The van der Waals surface area contributed by atoms with Crippen LogP contribution < -0.4 is 4.74 Å². The fraction of sp³-hybridized carbons (Fsp3) is 0.429. The molecule has 0 N–H and O–H groups in total. The van der Waals surface area contributed by atoms with Crippen LogP contribution in [-0.4, -0.2) is 30.0 Å². The molecule has 0 saturated carbocycles. The third-order valence-electron chi connectivity index (χ3n) is 2.85. The Kier molecular flexibility index (Phi) is 5.84. The highest BCUT2D eigenvalue weighted by Gasteiger charge is 2.22. The van der Waals surface area contributed by atoms with Gasteiger partial charge in [0.05, 0.1) is 12.5 Å². The van der Waals surface area contributed by atoms with E-state index in [0.717, 1.165) is 4.47 Å². The van der Waals surface area contributed by atoms with Crippen LogP contribution in [0.4, 0.5) is 0 Å². The molecule has 2 atom stereocenters. The summed E-state index contributed by atoms with van der Waals surface area (Å²) in [5.74, 6) is 0.499. The average Bonchev–Trinajstić information content (AvgIpc) is 2.37. The van der Waals surface area contributed by atoms with Gasteiger partial charge in [0, 0.05) is 17.6 Å². The summed E-state index contributed by atoms with van der Waals surface area (Å²) in [6, 6.07) is 9.28. The zero-order valence-corrected chi connectivity index (χ0v) is 12.8. The van der Waals surface area contributed by atoms with Gasteiger partial charge in [0.25, 0.3) is 5.91 Å². The molecule has 0 spiro atoms. The van der Waals surface area contributed by atoms with Crippen molar-refractivity contribution in [1.82, 2.24) is 4.90 Å². The fourth-order valence-corrected chi connectivity index (χ4v) is 1.95. The summed E-state index contributed by atoms with van der Waals surface area (Å²) in [6.07, 6.45) is -0.272. The highest BCUT2D eigenvalue weighted by molar-refractivity contribution is 9.10. The largest absolute Gasteiger partial charge is 0.481 e. The summed E-state index contributed by atoms with van der Waals surface area (Å²) < 4.78 is 6.50. The predicted molar refractivity (Wildman–Crippen MR) is 76.7 cm³/mol. The maximum Gasteiger partial charge on any atom is 0.263 e. The molecule has 0 aliphatic rings. The molecule has 1 rings (SSSR count). The van der Waals surface area contributed by atoms with Gasteiger partial charge in [-0.2, -0.15) is 5.26 Å². The van der Waals surface area contributed by atoms with Crippen LogP contribution in [0.5, 0.6) is 5.75 Å². The molecule has 19 heavy (non-hydrogen) atoms. The van der Waals surface area contributed by atoms with E-state index in [1.807, 2.05) is 25.1 Å². The minimum Gasteiger partial charge on any atom is -0.481 e. The lowest BCUT2D eigenvalue weighted by molar-refractivity contribution is -0.138. The van der Waals surface area contributed by atoms with Crippen LogP contribution in [0.2, 0.25) is 0 Å². The molecule has 0 saturated heterocycles. The molecular weight excluding hydrogens is 308 g/mol. The van der Waals surface area contributed by atoms with E-state index in [9.17, 15) is 4.79 Å². The normalized spacial score (nSPS) is 13.2. The van der Waals surface area contributed by atoms with Gasteiger partial charge in [-0.3, -0.25) is 4.79 Å². The Bertz CT molecular complexity index is 485. The third kappa shape index (κ3) is 4.56. The van der Waals surface area contributed by atoms with Gasteiger partial charge in [-0.25, -0.2) is 0 Å². The first-order valence-electron chi connectivity index (χ1n) is 6.01. The van der Waals surface area contributed by atoms with E-state index >= 15 is 0 Å². The number of nitrogens with zero attached hydrogens (tertiary/aromatic N) is 2. The first-order valence-corrected chi connectivity index (χ1v) is 6.81. The van der Waals surface area contributed by atoms with E-state index < -0.39 is 6.10 Å². The summed E-state index contributed by atoms with van der Waals surface area (Å²) >= 11 is 3.35. The molecule has 1 aromatic rings. The molecule has 4 nitrogen and oxygen atoms in total. The molecule has 0 bridgehead atoms. The molecule has 0 aromatic heterocycles. The topological polar surface area (TPSA) is 53.3 Å². The van der Waals surface area contributed by atoms with Gasteiger partial charge < -0.3 is 9.64 Å². The Balaban J connectivity index is 2.65. The van der Waals surface area contributed by atoms with Crippen molar-refractivity contribution in [2.75, 3.05) is 7.05 Å². The van der Waals surface area contributed by atoms with Gasteiger partial charge in [-0.05, 0) is 32.0 Å². The number of halogens is 1. The number of hydrogen-bond acceptors (Lipinski definition) is 3.